The van der Waals surface area contributed by atoms with Crippen LogP contribution in [0.5, 0.6) is 0 Å². The average molecular weight is 277 g/mol. The zero-order chi connectivity index (χ0) is 14.7. The van der Waals surface area contributed by atoms with E-state index >= 15 is 0 Å². The highest BCUT2D eigenvalue weighted by Crippen LogP contribution is 2.18. The van der Waals surface area contributed by atoms with Crippen LogP contribution >= 0.6 is 0 Å². The summed E-state index contributed by atoms with van der Waals surface area (Å²) in [5.41, 5.74) is 8.78. The molecule has 4 nitrogen and oxygen atoms in total. The SMILES string of the molecule is NC(=O)c1cc2ccccc2nc1CCc1ccncc1. The van der Waals surface area contributed by atoms with Gasteiger partial charge in [0, 0.05) is 17.8 Å². The second-order valence-electron chi connectivity index (χ2n) is 4.90. The number of fused-ring (bicyclic) bond motifs is 1. The summed E-state index contributed by atoms with van der Waals surface area (Å²) in [6.45, 7) is 0. The number of hydrogen-bond donors (Lipinski definition) is 1. The van der Waals surface area contributed by atoms with Crippen LogP contribution < -0.4 is 5.73 Å². The minimum atomic E-state index is -0.432. The minimum absolute atomic E-state index is 0.432. The zero-order valence-corrected chi connectivity index (χ0v) is 11.5. The normalized spacial score (nSPS) is 10.7. The van der Waals surface area contributed by atoms with Crippen molar-refractivity contribution in [2.45, 2.75) is 12.8 Å². The molecule has 3 rings (SSSR count). The second-order valence-corrected chi connectivity index (χ2v) is 4.90. The van der Waals surface area contributed by atoms with E-state index in [1.807, 2.05) is 42.5 Å². The van der Waals surface area contributed by atoms with E-state index in [1.54, 1.807) is 12.4 Å². The van der Waals surface area contributed by atoms with Gasteiger partial charge < -0.3 is 5.73 Å². The molecule has 2 heterocycles. The lowest BCUT2D eigenvalue weighted by Gasteiger charge is -2.08. The Morgan fingerprint density at radius 3 is 2.57 bits per heavy atom. The van der Waals surface area contributed by atoms with Gasteiger partial charge in [0.15, 0.2) is 0 Å². The van der Waals surface area contributed by atoms with Crippen LogP contribution in [0.15, 0.2) is 54.9 Å². The molecule has 0 bridgehead atoms. The number of benzene rings is 1. The summed E-state index contributed by atoms with van der Waals surface area (Å²) in [4.78, 5) is 20.2. The number of nitrogens with zero attached hydrogens (tertiary/aromatic N) is 2. The number of aryl methyl sites for hydroxylation is 2. The molecule has 1 aromatic carbocycles. The smallest absolute Gasteiger partial charge is 0.250 e. The molecule has 2 aromatic heterocycles. The van der Waals surface area contributed by atoms with Crippen molar-refractivity contribution in [1.82, 2.24) is 9.97 Å². The van der Waals surface area contributed by atoms with Crippen molar-refractivity contribution in [2.75, 3.05) is 0 Å². The van der Waals surface area contributed by atoms with Gasteiger partial charge in [-0.1, -0.05) is 18.2 Å². The Kier molecular flexibility index (Phi) is 3.60. The first kappa shape index (κ1) is 13.2. The molecule has 0 fully saturated rings. The molecular formula is C17H15N3O. The van der Waals surface area contributed by atoms with E-state index in [9.17, 15) is 4.79 Å². The van der Waals surface area contributed by atoms with Gasteiger partial charge in [0.1, 0.15) is 0 Å². The first-order valence-corrected chi connectivity index (χ1v) is 6.81. The van der Waals surface area contributed by atoms with Crippen LogP contribution in [0.1, 0.15) is 21.6 Å². The van der Waals surface area contributed by atoms with Crippen molar-refractivity contribution >= 4 is 16.8 Å². The van der Waals surface area contributed by atoms with Crippen molar-refractivity contribution in [3.8, 4) is 0 Å². The molecule has 0 atom stereocenters. The highest BCUT2D eigenvalue weighted by atomic mass is 16.1. The molecule has 104 valence electrons. The molecule has 0 aliphatic carbocycles. The fraction of sp³-hybridized carbons (Fsp3) is 0.118. The van der Waals surface area contributed by atoms with Gasteiger partial charge in [-0.3, -0.25) is 14.8 Å². The summed E-state index contributed by atoms with van der Waals surface area (Å²) in [6, 6.07) is 13.5. The van der Waals surface area contributed by atoms with E-state index in [-0.39, 0.29) is 0 Å². The first-order chi connectivity index (χ1) is 10.2. The van der Waals surface area contributed by atoms with Gasteiger partial charge in [-0.15, -0.1) is 0 Å². The second kappa shape index (κ2) is 5.71. The molecule has 0 aliphatic rings. The standard InChI is InChI=1S/C17H15N3O/c18-17(21)14-11-13-3-1-2-4-15(13)20-16(14)6-5-12-7-9-19-10-8-12/h1-4,7-11H,5-6H2,(H2,18,21). The number of nitrogens with two attached hydrogens (primary N) is 1. The number of rotatable bonds is 4. The molecule has 3 aromatic rings. The number of pyridine rings is 2. The molecule has 0 radical (unpaired) electrons. The lowest BCUT2D eigenvalue weighted by Crippen LogP contribution is -2.15. The van der Waals surface area contributed by atoms with E-state index < -0.39 is 5.91 Å². The van der Waals surface area contributed by atoms with Crippen LogP contribution in [-0.2, 0) is 12.8 Å². The number of primary amides is 1. The van der Waals surface area contributed by atoms with E-state index in [2.05, 4.69) is 9.97 Å². The maximum absolute atomic E-state index is 11.6. The monoisotopic (exact) mass is 277 g/mol. The topological polar surface area (TPSA) is 68.9 Å². The molecule has 0 saturated heterocycles. The van der Waals surface area contributed by atoms with Gasteiger partial charge in [0.05, 0.1) is 16.8 Å². The molecule has 2 N–H and O–H groups in total. The molecule has 0 spiro atoms. The van der Waals surface area contributed by atoms with Crippen molar-refractivity contribution < 1.29 is 4.79 Å². The lowest BCUT2D eigenvalue weighted by atomic mass is 10.0. The minimum Gasteiger partial charge on any atom is -0.366 e. The van der Waals surface area contributed by atoms with E-state index in [0.29, 0.717) is 12.0 Å². The van der Waals surface area contributed by atoms with Crippen molar-refractivity contribution in [3.05, 3.63) is 71.7 Å². The Labute approximate surface area is 122 Å². The number of para-hydroxylation sites is 1. The summed E-state index contributed by atoms with van der Waals surface area (Å²) in [7, 11) is 0. The number of amides is 1. The Morgan fingerprint density at radius 1 is 1.05 bits per heavy atom. The Hall–Kier alpha value is -2.75. The van der Waals surface area contributed by atoms with Crippen LogP contribution in [0, 0.1) is 0 Å². The van der Waals surface area contributed by atoms with Gasteiger partial charge in [0.2, 0.25) is 0 Å². The van der Waals surface area contributed by atoms with Crippen LogP contribution in [0.2, 0.25) is 0 Å². The van der Waals surface area contributed by atoms with Gasteiger partial charge in [0.25, 0.3) is 5.91 Å². The molecule has 0 saturated carbocycles. The summed E-state index contributed by atoms with van der Waals surface area (Å²) in [5.74, 6) is -0.432. The summed E-state index contributed by atoms with van der Waals surface area (Å²) < 4.78 is 0. The van der Waals surface area contributed by atoms with Gasteiger partial charge in [-0.05, 0) is 42.7 Å². The predicted octanol–water partition coefficient (Wildman–Crippen LogP) is 2.51. The number of hydrogen-bond acceptors (Lipinski definition) is 3. The van der Waals surface area contributed by atoms with E-state index in [4.69, 9.17) is 5.73 Å². The van der Waals surface area contributed by atoms with Crippen LogP contribution in [0.4, 0.5) is 0 Å². The molecule has 4 heteroatoms. The lowest BCUT2D eigenvalue weighted by molar-refractivity contribution is 0.0999. The van der Waals surface area contributed by atoms with Crippen molar-refractivity contribution in [1.29, 1.82) is 0 Å². The van der Waals surface area contributed by atoms with E-state index in [0.717, 1.165) is 28.6 Å². The predicted molar refractivity (Wildman–Crippen MR) is 81.9 cm³/mol. The Balaban J connectivity index is 1.96. The summed E-state index contributed by atoms with van der Waals surface area (Å²) >= 11 is 0. The van der Waals surface area contributed by atoms with Crippen LogP contribution in [0.25, 0.3) is 10.9 Å². The number of aromatic nitrogens is 2. The van der Waals surface area contributed by atoms with Gasteiger partial charge >= 0.3 is 0 Å². The quantitative estimate of drug-likeness (QED) is 0.796. The van der Waals surface area contributed by atoms with E-state index in [1.165, 1.54) is 0 Å². The fourth-order valence-electron chi connectivity index (χ4n) is 2.37. The van der Waals surface area contributed by atoms with Crippen molar-refractivity contribution in [3.63, 3.8) is 0 Å². The summed E-state index contributed by atoms with van der Waals surface area (Å²) in [6.07, 6.45) is 5.00. The molecule has 1 amide bonds. The Morgan fingerprint density at radius 2 is 1.81 bits per heavy atom. The molecule has 0 unspecified atom stereocenters. The van der Waals surface area contributed by atoms with Gasteiger partial charge in [-0.2, -0.15) is 0 Å². The largest absolute Gasteiger partial charge is 0.366 e. The number of carbonyl (C=O) groups excluding carboxylic acids is 1. The third kappa shape index (κ3) is 2.89. The number of carbonyl (C=O) groups is 1. The van der Waals surface area contributed by atoms with Gasteiger partial charge in [-0.25, -0.2) is 0 Å². The van der Waals surface area contributed by atoms with Crippen LogP contribution in [-0.4, -0.2) is 15.9 Å². The third-order valence-electron chi connectivity index (χ3n) is 3.47. The average Bonchev–Trinajstić information content (AvgIpc) is 2.53. The highest BCUT2D eigenvalue weighted by molar-refractivity contribution is 5.97. The third-order valence-corrected chi connectivity index (χ3v) is 3.47. The van der Waals surface area contributed by atoms with Crippen LogP contribution in [0.3, 0.4) is 0 Å². The molecule has 0 aliphatic heterocycles. The first-order valence-electron chi connectivity index (χ1n) is 6.81. The molecule has 21 heavy (non-hydrogen) atoms. The molecular weight excluding hydrogens is 262 g/mol. The highest BCUT2D eigenvalue weighted by Gasteiger charge is 2.11. The van der Waals surface area contributed by atoms with Crippen molar-refractivity contribution in [2.24, 2.45) is 5.73 Å². The maximum Gasteiger partial charge on any atom is 0.250 e. The fourth-order valence-corrected chi connectivity index (χ4v) is 2.37. The summed E-state index contributed by atoms with van der Waals surface area (Å²) in [5, 5.41) is 0.930. The maximum atomic E-state index is 11.6. The Bertz CT molecular complexity index is 784. The zero-order valence-electron chi connectivity index (χ0n) is 11.5.